The number of likely N-dealkylation sites (N-methyl/N-ethyl adjacent to an activating group) is 1. The van der Waals surface area contributed by atoms with Crippen molar-refractivity contribution in [3.05, 3.63) is 52.7 Å². The van der Waals surface area contributed by atoms with E-state index in [9.17, 15) is 9.60 Å². The van der Waals surface area contributed by atoms with Crippen LogP contribution in [-0.4, -0.2) is 64.2 Å². The Morgan fingerprint density at radius 3 is 2.88 bits per heavy atom. The number of anilines is 1. The second-order valence-corrected chi connectivity index (χ2v) is 8.47. The van der Waals surface area contributed by atoms with Crippen LogP contribution in [0.15, 0.2) is 30.5 Å². The summed E-state index contributed by atoms with van der Waals surface area (Å²) in [5.41, 5.74) is 1.64. The molecule has 32 heavy (non-hydrogen) atoms. The van der Waals surface area contributed by atoms with Crippen molar-refractivity contribution in [1.82, 2.24) is 19.9 Å². The summed E-state index contributed by atoms with van der Waals surface area (Å²) in [6, 6.07) is 5.37. The fraction of sp³-hybridized carbons (Fsp3) is 0.409. The number of pyridine rings is 1. The number of rotatable bonds is 7. The summed E-state index contributed by atoms with van der Waals surface area (Å²) >= 11 is 5.81. The number of ether oxygens (including phenoxy) is 1. The largest absolute Gasteiger partial charge is 0.381 e. The smallest absolute Gasteiger partial charge is 0.178 e. The van der Waals surface area contributed by atoms with Gasteiger partial charge < -0.3 is 14.6 Å². The Kier molecular flexibility index (Phi) is 7.00. The maximum Gasteiger partial charge on any atom is 0.178 e. The van der Waals surface area contributed by atoms with Gasteiger partial charge in [0.2, 0.25) is 0 Å². The number of hydrogen-bond acceptors (Lipinski definition) is 6. The number of amidine groups is 1. The topological polar surface area (TPSA) is 101 Å². The highest BCUT2D eigenvalue weighted by Crippen LogP contribution is 2.24. The maximum atomic E-state index is 13.4. The predicted octanol–water partition coefficient (Wildman–Crippen LogP) is 3.87. The van der Waals surface area contributed by atoms with Crippen LogP contribution in [0.2, 0.25) is 5.02 Å². The van der Waals surface area contributed by atoms with E-state index in [2.05, 4.69) is 26.9 Å². The second-order valence-electron chi connectivity index (χ2n) is 8.07. The number of hydrogen-bond donors (Lipinski definition) is 3. The summed E-state index contributed by atoms with van der Waals surface area (Å²) < 4.78 is 18.9. The fourth-order valence-electron chi connectivity index (χ4n) is 3.89. The van der Waals surface area contributed by atoms with E-state index in [1.807, 2.05) is 0 Å². The number of hydroxylamine groups is 1. The Hall–Kier alpha value is -2.59. The Bertz CT molecular complexity index is 1100. The molecule has 3 N–H and O–H groups in total. The molecule has 0 radical (unpaired) electrons. The average molecular weight is 461 g/mol. The lowest BCUT2D eigenvalue weighted by Crippen LogP contribution is -2.31. The van der Waals surface area contributed by atoms with Gasteiger partial charge in [0.25, 0.3) is 0 Å². The van der Waals surface area contributed by atoms with E-state index in [0.29, 0.717) is 34.1 Å². The molecular formula is C22H26ClFN6O2. The van der Waals surface area contributed by atoms with Crippen LogP contribution < -0.4 is 5.06 Å². The first-order chi connectivity index (χ1) is 15.4. The molecule has 0 aliphatic carbocycles. The van der Waals surface area contributed by atoms with Crippen LogP contribution >= 0.6 is 11.6 Å². The molecular weight excluding hydrogens is 435 g/mol. The molecule has 3 aromatic rings. The quantitative estimate of drug-likeness (QED) is 0.281. The molecule has 170 valence electrons. The van der Waals surface area contributed by atoms with Crippen molar-refractivity contribution in [2.24, 2.45) is 5.92 Å². The zero-order valence-corrected chi connectivity index (χ0v) is 18.6. The van der Waals surface area contributed by atoms with Gasteiger partial charge in [-0.1, -0.05) is 11.6 Å². The van der Waals surface area contributed by atoms with Crippen LogP contribution in [0.4, 0.5) is 10.1 Å². The van der Waals surface area contributed by atoms with Gasteiger partial charge in [-0.3, -0.25) is 10.6 Å². The molecule has 10 heteroatoms. The number of H-pyrrole nitrogens is 1. The predicted molar refractivity (Wildman–Crippen MR) is 121 cm³/mol. The highest BCUT2D eigenvalue weighted by atomic mass is 35.5. The van der Waals surface area contributed by atoms with Gasteiger partial charge >= 0.3 is 0 Å². The third kappa shape index (κ3) is 5.07. The van der Waals surface area contributed by atoms with Crippen molar-refractivity contribution >= 4 is 34.3 Å². The van der Waals surface area contributed by atoms with Crippen molar-refractivity contribution < 1.29 is 14.3 Å². The summed E-state index contributed by atoms with van der Waals surface area (Å²) in [4.78, 5) is 14.4. The van der Waals surface area contributed by atoms with E-state index in [1.165, 1.54) is 12.1 Å². The van der Waals surface area contributed by atoms with Crippen LogP contribution in [-0.2, 0) is 11.2 Å². The van der Waals surface area contributed by atoms with Crippen LogP contribution in [0.25, 0.3) is 11.2 Å². The van der Waals surface area contributed by atoms with Crippen molar-refractivity contribution in [3.8, 4) is 0 Å². The zero-order valence-electron chi connectivity index (χ0n) is 17.8. The number of aromatic nitrogens is 3. The highest BCUT2D eigenvalue weighted by Gasteiger charge is 2.19. The van der Waals surface area contributed by atoms with E-state index in [0.717, 1.165) is 51.0 Å². The molecule has 0 spiro atoms. The zero-order chi connectivity index (χ0) is 22.7. The Morgan fingerprint density at radius 2 is 2.12 bits per heavy atom. The third-order valence-electron chi connectivity index (χ3n) is 5.70. The molecule has 8 nitrogen and oxygen atoms in total. The van der Waals surface area contributed by atoms with Gasteiger partial charge in [0.1, 0.15) is 11.6 Å². The summed E-state index contributed by atoms with van der Waals surface area (Å²) in [5.74, 6) is 0.628. The van der Waals surface area contributed by atoms with Gasteiger partial charge in [0.05, 0.1) is 16.2 Å². The normalized spacial score (nSPS) is 14.9. The first-order valence-corrected chi connectivity index (χ1v) is 10.9. The molecule has 0 saturated carbocycles. The van der Waals surface area contributed by atoms with Gasteiger partial charge in [0.15, 0.2) is 11.5 Å². The fourth-order valence-corrected chi connectivity index (χ4v) is 4.07. The molecule has 1 aliphatic heterocycles. The van der Waals surface area contributed by atoms with Gasteiger partial charge in [-0.2, -0.15) is 0 Å². The lowest BCUT2D eigenvalue weighted by molar-refractivity contribution is 0.0558. The number of aromatic amines is 1. The minimum atomic E-state index is -0.596. The maximum absolute atomic E-state index is 13.4. The first kappa shape index (κ1) is 22.6. The second kappa shape index (κ2) is 9.91. The summed E-state index contributed by atoms with van der Waals surface area (Å²) in [6.07, 6.45) is 4.45. The molecule has 1 aromatic carbocycles. The monoisotopic (exact) mass is 460 g/mol. The minimum absolute atomic E-state index is 0.136. The van der Waals surface area contributed by atoms with E-state index in [-0.39, 0.29) is 16.5 Å². The van der Waals surface area contributed by atoms with Crippen LogP contribution in [0, 0.1) is 17.1 Å². The van der Waals surface area contributed by atoms with Crippen molar-refractivity contribution in [2.45, 2.75) is 19.3 Å². The van der Waals surface area contributed by atoms with Gasteiger partial charge in [-0.05, 0) is 50.1 Å². The Labute approximate surface area is 190 Å². The lowest BCUT2D eigenvalue weighted by Gasteiger charge is -2.26. The third-order valence-corrected chi connectivity index (χ3v) is 5.99. The number of fused-ring (bicyclic) bond motifs is 1. The van der Waals surface area contributed by atoms with Crippen molar-refractivity contribution in [3.63, 3.8) is 0 Å². The standard InChI is InChI=1S/C22H26ClFN6O2/c1-29(13-14-6-10-32-11-7-14)9-5-19-27-20-16(4-8-26-22(20)28-19)21(25)30(31)15-2-3-18(24)17(23)12-15/h2-4,8,12,14,25,31H,5-7,9-11,13H2,1H3,(H,26,27,28). The van der Waals surface area contributed by atoms with E-state index >= 15 is 0 Å². The van der Waals surface area contributed by atoms with E-state index < -0.39 is 5.82 Å². The van der Waals surface area contributed by atoms with Crippen LogP contribution in [0.1, 0.15) is 24.2 Å². The molecule has 0 amide bonds. The molecule has 2 aromatic heterocycles. The summed E-state index contributed by atoms with van der Waals surface area (Å²) in [5, 5.41) is 19.5. The SMILES string of the molecule is CN(CCc1nc2nccc(C(=N)N(O)c3ccc(F)c(Cl)c3)c2[nH]1)CC1CCOCC1. The summed E-state index contributed by atoms with van der Waals surface area (Å²) in [6.45, 7) is 3.55. The van der Waals surface area contributed by atoms with Crippen LogP contribution in [0.3, 0.4) is 0 Å². The molecule has 0 bridgehead atoms. The Balaban J connectivity index is 1.46. The molecule has 0 atom stereocenters. The number of nitrogens with one attached hydrogen (secondary N) is 2. The Morgan fingerprint density at radius 1 is 1.34 bits per heavy atom. The molecule has 3 heterocycles. The van der Waals surface area contributed by atoms with E-state index in [4.69, 9.17) is 21.7 Å². The van der Waals surface area contributed by atoms with Gasteiger partial charge in [-0.15, -0.1) is 0 Å². The minimum Gasteiger partial charge on any atom is -0.381 e. The highest BCUT2D eigenvalue weighted by molar-refractivity contribution is 6.31. The van der Waals surface area contributed by atoms with Crippen molar-refractivity contribution in [2.75, 3.05) is 38.4 Å². The average Bonchev–Trinajstić information content (AvgIpc) is 3.22. The molecule has 0 unspecified atom stereocenters. The summed E-state index contributed by atoms with van der Waals surface area (Å²) in [7, 11) is 2.11. The molecule has 1 fully saturated rings. The molecule has 1 saturated heterocycles. The van der Waals surface area contributed by atoms with Crippen LogP contribution in [0.5, 0.6) is 0 Å². The number of imidazole rings is 1. The number of halogens is 2. The first-order valence-electron chi connectivity index (χ1n) is 10.5. The van der Waals surface area contributed by atoms with E-state index in [1.54, 1.807) is 12.3 Å². The lowest BCUT2D eigenvalue weighted by atomic mass is 10.00. The number of benzene rings is 1. The van der Waals surface area contributed by atoms with Gasteiger partial charge in [-0.25, -0.2) is 19.4 Å². The molecule has 4 rings (SSSR count). The van der Waals surface area contributed by atoms with Crippen molar-refractivity contribution in [1.29, 1.82) is 5.41 Å². The van der Waals surface area contributed by atoms with Gasteiger partial charge in [0, 0.05) is 44.5 Å². The number of nitrogens with zero attached hydrogens (tertiary/aromatic N) is 4. The molecule has 1 aliphatic rings.